The molecule has 8 heteroatoms. The van der Waals surface area contributed by atoms with Gasteiger partial charge < -0.3 is 9.88 Å². The van der Waals surface area contributed by atoms with Gasteiger partial charge in [0.2, 0.25) is 5.91 Å². The first-order valence-corrected chi connectivity index (χ1v) is 9.04. The Labute approximate surface area is 149 Å². The van der Waals surface area contributed by atoms with Gasteiger partial charge in [0, 0.05) is 18.2 Å². The summed E-state index contributed by atoms with van der Waals surface area (Å²) in [5.41, 5.74) is 0.952. The number of hydrogen-bond acceptors (Lipinski definition) is 5. The largest absolute Gasteiger partial charge is 0.325 e. The van der Waals surface area contributed by atoms with Gasteiger partial charge in [-0.3, -0.25) is 4.79 Å². The second kappa shape index (κ2) is 7.24. The summed E-state index contributed by atoms with van der Waals surface area (Å²) in [6.07, 6.45) is 2.34. The second-order valence-corrected chi connectivity index (χ2v) is 6.85. The number of hydrogen-bond donors (Lipinski definition) is 1. The van der Waals surface area contributed by atoms with Gasteiger partial charge in [-0.25, -0.2) is 0 Å². The number of thioether (sulfide) groups is 1. The van der Waals surface area contributed by atoms with Crippen LogP contribution < -0.4 is 5.32 Å². The molecule has 3 rings (SSSR count). The summed E-state index contributed by atoms with van der Waals surface area (Å²) < 4.78 is 2.08. The topological polar surface area (TPSA) is 83.6 Å². The Hall–Kier alpha value is -2.04. The van der Waals surface area contributed by atoms with Gasteiger partial charge in [-0.05, 0) is 38.0 Å². The van der Waals surface area contributed by atoms with Crippen molar-refractivity contribution in [3.63, 3.8) is 0 Å². The third kappa shape index (κ3) is 3.71. The lowest BCUT2D eigenvalue weighted by molar-refractivity contribution is -0.113. The molecule has 1 fully saturated rings. The maximum Gasteiger partial charge on any atom is 0.234 e. The van der Waals surface area contributed by atoms with Crippen LogP contribution in [0.25, 0.3) is 0 Å². The van der Waals surface area contributed by atoms with Crippen molar-refractivity contribution in [3.05, 3.63) is 34.6 Å². The highest BCUT2D eigenvalue weighted by atomic mass is 35.5. The van der Waals surface area contributed by atoms with Crippen LogP contribution in [0.5, 0.6) is 0 Å². The van der Waals surface area contributed by atoms with Crippen LogP contribution in [-0.4, -0.2) is 26.4 Å². The molecule has 2 aromatic rings. The molecule has 0 radical (unpaired) electrons. The summed E-state index contributed by atoms with van der Waals surface area (Å²) in [6, 6.07) is 6.80. The Morgan fingerprint density at radius 3 is 2.92 bits per heavy atom. The molecule has 1 heterocycles. The molecule has 1 aliphatic rings. The van der Waals surface area contributed by atoms with Crippen molar-refractivity contribution >= 4 is 35.0 Å². The summed E-state index contributed by atoms with van der Waals surface area (Å²) >= 11 is 7.33. The van der Waals surface area contributed by atoms with Gasteiger partial charge in [0.1, 0.15) is 11.9 Å². The summed E-state index contributed by atoms with van der Waals surface area (Å²) in [5.74, 6) is 1.64. The number of rotatable bonds is 6. The minimum atomic E-state index is -0.153. The zero-order valence-corrected chi connectivity index (χ0v) is 14.7. The Kier molecular flexibility index (Phi) is 5.07. The number of nitriles is 1. The van der Waals surface area contributed by atoms with Crippen LogP contribution >= 0.6 is 23.4 Å². The SMILES string of the molecule is CCn1c(SCC(=O)Nc2ccc(C#N)c(Cl)c2)nnc1C1CC1. The smallest absolute Gasteiger partial charge is 0.234 e. The molecule has 1 amide bonds. The number of halogens is 1. The fraction of sp³-hybridized carbons (Fsp3) is 0.375. The van der Waals surface area contributed by atoms with Crippen molar-refractivity contribution in [2.45, 2.75) is 37.4 Å². The molecule has 1 saturated carbocycles. The van der Waals surface area contributed by atoms with Gasteiger partial charge in [-0.1, -0.05) is 23.4 Å². The van der Waals surface area contributed by atoms with Gasteiger partial charge in [-0.2, -0.15) is 5.26 Å². The van der Waals surface area contributed by atoms with Gasteiger partial charge in [-0.15, -0.1) is 10.2 Å². The number of benzene rings is 1. The summed E-state index contributed by atoms with van der Waals surface area (Å²) in [7, 11) is 0. The first kappa shape index (κ1) is 16.8. The number of nitrogens with one attached hydrogen (secondary N) is 1. The number of anilines is 1. The molecule has 1 aromatic carbocycles. The number of carbonyl (C=O) groups excluding carboxylic acids is 1. The first-order valence-electron chi connectivity index (χ1n) is 7.67. The normalized spacial score (nSPS) is 13.5. The number of amides is 1. The molecular formula is C16H16ClN5OS. The third-order valence-corrected chi connectivity index (χ3v) is 4.99. The molecule has 0 unspecified atom stereocenters. The van der Waals surface area contributed by atoms with Crippen molar-refractivity contribution in [1.29, 1.82) is 5.26 Å². The molecule has 1 N–H and O–H groups in total. The van der Waals surface area contributed by atoms with E-state index in [9.17, 15) is 4.79 Å². The maximum atomic E-state index is 12.1. The first-order chi connectivity index (χ1) is 11.6. The molecule has 0 aliphatic heterocycles. The van der Waals surface area contributed by atoms with Crippen LogP contribution in [0.2, 0.25) is 5.02 Å². The average Bonchev–Trinajstić information content (AvgIpc) is 3.33. The highest BCUT2D eigenvalue weighted by Gasteiger charge is 2.30. The van der Waals surface area contributed by atoms with E-state index in [0.717, 1.165) is 17.5 Å². The molecule has 24 heavy (non-hydrogen) atoms. The highest BCUT2D eigenvalue weighted by molar-refractivity contribution is 7.99. The van der Waals surface area contributed by atoms with E-state index in [1.54, 1.807) is 18.2 Å². The summed E-state index contributed by atoms with van der Waals surface area (Å²) in [6.45, 7) is 2.85. The van der Waals surface area contributed by atoms with E-state index in [2.05, 4.69) is 27.0 Å². The van der Waals surface area contributed by atoms with Crippen molar-refractivity contribution in [3.8, 4) is 6.07 Å². The maximum absolute atomic E-state index is 12.1. The summed E-state index contributed by atoms with van der Waals surface area (Å²) in [5, 5.41) is 21.2. The predicted molar refractivity (Wildman–Crippen MR) is 93.2 cm³/mol. The van der Waals surface area contributed by atoms with E-state index >= 15 is 0 Å². The van der Waals surface area contributed by atoms with Crippen LogP contribution in [-0.2, 0) is 11.3 Å². The van der Waals surface area contributed by atoms with Gasteiger partial charge in [0.25, 0.3) is 0 Å². The van der Waals surface area contributed by atoms with Crippen molar-refractivity contribution in [2.24, 2.45) is 0 Å². The molecule has 1 aliphatic carbocycles. The average molecular weight is 362 g/mol. The highest BCUT2D eigenvalue weighted by Crippen LogP contribution is 2.39. The predicted octanol–water partition coefficient (Wildman–Crippen LogP) is 3.43. The van der Waals surface area contributed by atoms with Crippen LogP contribution in [0, 0.1) is 11.3 Å². The van der Waals surface area contributed by atoms with E-state index < -0.39 is 0 Å². The van der Waals surface area contributed by atoms with E-state index in [1.807, 2.05) is 6.07 Å². The molecular weight excluding hydrogens is 346 g/mol. The van der Waals surface area contributed by atoms with Gasteiger partial charge in [0.15, 0.2) is 5.16 Å². The third-order valence-electron chi connectivity index (χ3n) is 3.71. The molecule has 0 bridgehead atoms. The molecule has 0 atom stereocenters. The Bertz CT molecular complexity index is 809. The molecule has 0 spiro atoms. The molecule has 6 nitrogen and oxygen atoms in total. The Balaban J connectivity index is 1.60. The van der Waals surface area contributed by atoms with Gasteiger partial charge >= 0.3 is 0 Å². The van der Waals surface area contributed by atoms with E-state index in [-0.39, 0.29) is 11.7 Å². The minimum absolute atomic E-state index is 0.153. The van der Waals surface area contributed by atoms with Crippen LogP contribution in [0.4, 0.5) is 5.69 Å². The van der Waals surface area contributed by atoms with Crippen LogP contribution in [0.3, 0.4) is 0 Å². The monoisotopic (exact) mass is 361 g/mol. The fourth-order valence-corrected chi connectivity index (χ4v) is 3.39. The van der Waals surface area contributed by atoms with Crippen LogP contribution in [0.1, 0.15) is 37.1 Å². The fourth-order valence-electron chi connectivity index (χ4n) is 2.36. The zero-order chi connectivity index (χ0) is 17.1. The minimum Gasteiger partial charge on any atom is -0.325 e. The Morgan fingerprint density at radius 2 is 2.29 bits per heavy atom. The zero-order valence-electron chi connectivity index (χ0n) is 13.1. The lowest BCUT2D eigenvalue weighted by Crippen LogP contribution is -2.14. The molecule has 124 valence electrons. The quantitative estimate of drug-likeness (QED) is 0.797. The standard InChI is InChI=1S/C16H16ClN5OS/c1-2-22-15(10-3-4-10)20-21-16(22)24-9-14(23)19-12-6-5-11(8-18)13(17)7-12/h5-7,10H,2-4,9H2,1H3,(H,19,23). The van der Waals surface area contributed by atoms with Crippen molar-refractivity contribution in [2.75, 3.05) is 11.1 Å². The lowest BCUT2D eigenvalue weighted by atomic mass is 10.2. The number of carbonyl (C=O) groups is 1. The van der Waals surface area contributed by atoms with E-state index in [1.165, 1.54) is 24.6 Å². The van der Waals surface area contributed by atoms with Crippen molar-refractivity contribution < 1.29 is 4.79 Å². The number of aromatic nitrogens is 3. The van der Waals surface area contributed by atoms with Gasteiger partial charge in [0.05, 0.1) is 16.3 Å². The second-order valence-electron chi connectivity index (χ2n) is 5.50. The van der Waals surface area contributed by atoms with Crippen molar-refractivity contribution in [1.82, 2.24) is 14.8 Å². The Morgan fingerprint density at radius 1 is 1.50 bits per heavy atom. The lowest BCUT2D eigenvalue weighted by Gasteiger charge is -2.08. The molecule has 1 aromatic heterocycles. The molecule has 0 saturated heterocycles. The number of nitrogens with zero attached hydrogens (tertiary/aromatic N) is 4. The van der Waals surface area contributed by atoms with E-state index in [0.29, 0.717) is 22.2 Å². The van der Waals surface area contributed by atoms with E-state index in [4.69, 9.17) is 16.9 Å². The van der Waals surface area contributed by atoms with Crippen LogP contribution in [0.15, 0.2) is 23.4 Å². The summed E-state index contributed by atoms with van der Waals surface area (Å²) in [4.78, 5) is 12.1.